The van der Waals surface area contributed by atoms with Gasteiger partial charge < -0.3 is 29.7 Å². The third-order valence-corrected chi connectivity index (χ3v) is 9.24. The van der Waals surface area contributed by atoms with Crippen LogP contribution in [0.15, 0.2) is 54.7 Å². The number of pyridine rings is 1. The van der Waals surface area contributed by atoms with Crippen molar-refractivity contribution in [3.05, 3.63) is 65.8 Å². The molecule has 2 atom stereocenters. The highest BCUT2D eigenvalue weighted by molar-refractivity contribution is 8.00. The molecule has 0 saturated carbocycles. The monoisotopic (exact) mass is 574 g/mol. The van der Waals surface area contributed by atoms with E-state index in [1.54, 1.807) is 13.2 Å². The number of hydrazine groups is 1. The van der Waals surface area contributed by atoms with Crippen molar-refractivity contribution in [1.82, 2.24) is 24.5 Å². The van der Waals surface area contributed by atoms with E-state index in [-0.39, 0.29) is 11.9 Å². The molecule has 0 amide bonds. The van der Waals surface area contributed by atoms with E-state index < -0.39 is 0 Å². The van der Waals surface area contributed by atoms with Crippen molar-refractivity contribution in [2.24, 2.45) is 17.5 Å². The molecule has 2 aliphatic heterocycles. The third kappa shape index (κ3) is 5.29. The molecule has 216 valence electrons. The molecule has 3 aromatic heterocycles. The van der Waals surface area contributed by atoms with Crippen molar-refractivity contribution in [3.63, 3.8) is 0 Å². The Kier molecular flexibility index (Phi) is 7.92. The maximum absolute atomic E-state index is 6.25. The maximum atomic E-state index is 6.25. The molecule has 6 rings (SSSR count). The molecule has 5 heterocycles. The van der Waals surface area contributed by atoms with Gasteiger partial charge in [0.2, 0.25) is 11.8 Å². The molecule has 4 N–H and O–H groups in total. The van der Waals surface area contributed by atoms with Crippen molar-refractivity contribution in [2.75, 3.05) is 51.1 Å². The van der Waals surface area contributed by atoms with Crippen molar-refractivity contribution in [2.45, 2.75) is 31.1 Å². The van der Waals surface area contributed by atoms with E-state index in [2.05, 4.69) is 52.8 Å². The van der Waals surface area contributed by atoms with Crippen LogP contribution in [0.3, 0.4) is 0 Å². The summed E-state index contributed by atoms with van der Waals surface area (Å²) in [4.78, 5) is 17.4. The molecule has 2 saturated heterocycles. The summed E-state index contributed by atoms with van der Waals surface area (Å²) in [5.74, 6) is 8.63. The van der Waals surface area contributed by atoms with Gasteiger partial charge in [0.05, 0.1) is 29.6 Å². The van der Waals surface area contributed by atoms with Crippen LogP contribution in [0.25, 0.3) is 27.8 Å². The number of fused-ring (bicyclic) bond motifs is 3. The second kappa shape index (κ2) is 11.8. The van der Waals surface area contributed by atoms with Crippen molar-refractivity contribution < 1.29 is 9.47 Å². The highest BCUT2D eigenvalue weighted by Gasteiger charge is 2.32. The Morgan fingerprint density at radius 2 is 1.95 bits per heavy atom. The fraction of sp³-hybridized carbons (Fsp3) is 0.433. The van der Waals surface area contributed by atoms with Gasteiger partial charge in [-0.15, -0.1) is 0 Å². The Hall–Kier alpha value is -3.54. The fourth-order valence-corrected chi connectivity index (χ4v) is 7.18. The molecule has 0 aliphatic carbocycles. The van der Waals surface area contributed by atoms with Crippen molar-refractivity contribution >= 4 is 45.5 Å². The number of rotatable bonds is 7. The van der Waals surface area contributed by atoms with E-state index in [4.69, 9.17) is 36.0 Å². The Balaban J connectivity index is 1.63. The second-order valence-corrected chi connectivity index (χ2v) is 12.4. The third-order valence-electron chi connectivity index (χ3n) is 8.10. The minimum absolute atomic E-state index is 0.0264. The zero-order valence-electron chi connectivity index (χ0n) is 23.9. The minimum Gasteiger partial charge on any atom is -0.481 e. The molecule has 2 fully saturated rings. The van der Waals surface area contributed by atoms with Gasteiger partial charge in [0.15, 0.2) is 0 Å². The Morgan fingerprint density at radius 1 is 1.17 bits per heavy atom. The summed E-state index contributed by atoms with van der Waals surface area (Å²) in [7, 11) is 3.28. The molecular formula is C30H38N8O2S. The zero-order valence-corrected chi connectivity index (χ0v) is 24.7. The minimum atomic E-state index is 0.0264. The lowest BCUT2D eigenvalue weighted by molar-refractivity contribution is 0.0552. The van der Waals surface area contributed by atoms with Gasteiger partial charge in [-0.1, -0.05) is 37.3 Å². The van der Waals surface area contributed by atoms with E-state index in [9.17, 15) is 0 Å². The highest BCUT2D eigenvalue weighted by atomic mass is 32.2. The van der Waals surface area contributed by atoms with E-state index in [1.165, 1.54) is 17.7 Å². The van der Waals surface area contributed by atoms with E-state index in [0.717, 1.165) is 78.5 Å². The number of thioether (sulfide) groups is 1. The first-order valence-corrected chi connectivity index (χ1v) is 15.2. The summed E-state index contributed by atoms with van der Waals surface area (Å²) in [6.07, 6.45) is 5.65. The molecule has 2 aliphatic rings. The zero-order chi connectivity index (χ0) is 28.5. The number of anilines is 1. The molecule has 4 aromatic rings. The predicted octanol–water partition coefficient (Wildman–Crippen LogP) is 3.97. The number of nitrogens with zero attached hydrogens (tertiary/aromatic N) is 6. The summed E-state index contributed by atoms with van der Waals surface area (Å²) in [6, 6.07) is 12.8. The summed E-state index contributed by atoms with van der Waals surface area (Å²) in [5.41, 5.74) is 11.5. The van der Waals surface area contributed by atoms with E-state index in [1.807, 2.05) is 18.0 Å². The number of methoxy groups -OCH3 is 1. The fourth-order valence-electron chi connectivity index (χ4n) is 6.17. The molecule has 11 heteroatoms. The summed E-state index contributed by atoms with van der Waals surface area (Å²) < 4.78 is 13.6. The highest BCUT2D eigenvalue weighted by Crippen LogP contribution is 2.40. The van der Waals surface area contributed by atoms with Crippen LogP contribution in [-0.2, 0) is 9.47 Å². The average Bonchev–Trinajstić information content (AvgIpc) is 3.31. The molecule has 41 heavy (non-hydrogen) atoms. The van der Waals surface area contributed by atoms with Gasteiger partial charge in [-0.25, -0.2) is 10.8 Å². The van der Waals surface area contributed by atoms with Gasteiger partial charge in [0.1, 0.15) is 11.3 Å². The van der Waals surface area contributed by atoms with Gasteiger partial charge in [-0.05, 0) is 30.4 Å². The second-order valence-electron chi connectivity index (χ2n) is 10.8. The van der Waals surface area contributed by atoms with Gasteiger partial charge in [0, 0.05) is 62.3 Å². The Morgan fingerprint density at radius 3 is 2.66 bits per heavy atom. The van der Waals surface area contributed by atoms with Crippen LogP contribution in [0, 0.1) is 5.92 Å². The Labute approximate surface area is 244 Å². The first kappa shape index (κ1) is 27.6. The summed E-state index contributed by atoms with van der Waals surface area (Å²) >= 11 is 2.00. The SMILES string of the molecule is CO/C(N)=C(\c1cnc2c3cnc(N4CCSC(C)C4)nc3n([C@H](c3ccccc3)C3CCOCC3)c2c1)N(C)N. The lowest BCUT2D eigenvalue weighted by Gasteiger charge is -2.33. The molecule has 10 nitrogen and oxygen atoms in total. The van der Waals surface area contributed by atoms with Gasteiger partial charge >= 0.3 is 0 Å². The van der Waals surface area contributed by atoms with Crippen molar-refractivity contribution in [1.29, 1.82) is 0 Å². The van der Waals surface area contributed by atoms with E-state index >= 15 is 0 Å². The largest absolute Gasteiger partial charge is 0.481 e. The molecule has 1 aromatic carbocycles. The molecular weight excluding hydrogens is 536 g/mol. The Bertz CT molecular complexity index is 1550. The van der Waals surface area contributed by atoms with Gasteiger partial charge in [-0.3, -0.25) is 4.98 Å². The van der Waals surface area contributed by atoms with Crippen LogP contribution in [0.4, 0.5) is 5.95 Å². The molecule has 0 bridgehead atoms. The smallest absolute Gasteiger partial charge is 0.227 e. The first-order chi connectivity index (χ1) is 20.0. The number of aromatic nitrogens is 4. The molecule has 1 unspecified atom stereocenters. The predicted molar refractivity (Wildman–Crippen MR) is 165 cm³/mol. The first-order valence-electron chi connectivity index (χ1n) is 14.1. The van der Waals surface area contributed by atoms with Gasteiger partial charge in [-0.2, -0.15) is 16.7 Å². The summed E-state index contributed by atoms with van der Waals surface area (Å²) in [5, 5.41) is 2.92. The normalized spacial score (nSPS) is 19.8. The molecule has 0 spiro atoms. The quantitative estimate of drug-likeness (QED) is 0.191. The van der Waals surface area contributed by atoms with Crippen LogP contribution in [0.2, 0.25) is 0 Å². The van der Waals surface area contributed by atoms with E-state index in [0.29, 0.717) is 16.9 Å². The topological polar surface area (TPSA) is 121 Å². The standard InChI is InChI=1S/C30H38N8O2S/c1-19-18-37(11-14-41-19)30-34-17-23-25-24(15-22(16-33-25)27(36(2)32)28(31)39-3)38(29(23)35-30)26(20-7-5-4-6-8-20)21-9-12-40-13-10-21/h4-8,15-17,19,21,26H,9-14,18,31-32H2,1-3H3/b28-27+/t19?,26-/m1/s1. The summed E-state index contributed by atoms with van der Waals surface area (Å²) in [6.45, 7) is 5.60. The maximum Gasteiger partial charge on any atom is 0.227 e. The average molecular weight is 575 g/mol. The van der Waals surface area contributed by atoms with Crippen LogP contribution in [-0.4, -0.2) is 76.0 Å². The number of hydrogen-bond donors (Lipinski definition) is 2. The van der Waals surface area contributed by atoms with Crippen LogP contribution < -0.4 is 16.5 Å². The molecule has 0 radical (unpaired) electrons. The van der Waals surface area contributed by atoms with Crippen LogP contribution >= 0.6 is 11.8 Å². The number of ether oxygens (including phenoxy) is 2. The van der Waals surface area contributed by atoms with Gasteiger partial charge in [0.25, 0.3) is 0 Å². The van der Waals surface area contributed by atoms with Crippen LogP contribution in [0.5, 0.6) is 0 Å². The lowest BCUT2D eigenvalue weighted by Crippen LogP contribution is -2.37. The van der Waals surface area contributed by atoms with Crippen molar-refractivity contribution in [3.8, 4) is 0 Å². The number of nitrogens with two attached hydrogens (primary N) is 2. The number of hydrogen-bond acceptors (Lipinski definition) is 10. The van der Waals surface area contributed by atoms with Crippen LogP contribution in [0.1, 0.15) is 36.9 Å². The number of benzene rings is 1. The lowest BCUT2D eigenvalue weighted by atomic mass is 9.86.